The van der Waals surface area contributed by atoms with E-state index in [2.05, 4.69) is 80.8 Å². The van der Waals surface area contributed by atoms with Gasteiger partial charge in [-0.15, -0.1) is 0 Å². The van der Waals surface area contributed by atoms with Gasteiger partial charge in [0, 0.05) is 12.8 Å². The highest BCUT2D eigenvalue weighted by molar-refractivity contribution is 5.77. The molecule has 3 atom stereocenters. The van der Waals surface area contributed by atoms with Crippen LogP contribution in [0, 0.1) is 0 Å². The van der Waals surface area contributed by atoms with Gasteiger partial charge in [-0.1, -0.05) is 209 Å². The molecule has 6 nitrogen and oxygen atoms in total. The molecule has 3 unspecified atom stereocenters. The van der Waals surface area contributed by atoms with Gasteiger partial charge in [0.05, 0.1) is 25.2 Å². The van der Waals surface area contributed by atoms with Crippen LogP contribution in [0.15, 0.2) is 72.9 Å². The molecule has 0 aromatic heterocycles. The van der Waals surface area contributed by atoms with E-state index in [1.807, 2.05) is 18.2 Å². The average Bonchev–Trinajstić information content (AvgIpc) is 3.22. The van der Waals surface area contributed by atoms with Crippen molar-refractivity contribution in [2.45, 2.75) is 238 Å². The first-order valence-electron chi connectivity index (χ1n) is 24.2. The van der Waals surface area contributed by atoms with Crippen LogP contribution in [0.2, 0.25) is 0 Å². The minimum atomic E-state index is -0.820. The fraction of sp³-hybridized carbons (Fsp3) is 0.731. The summed E-state index contributed by atoms with van der Waals surface area (Å²) in [5.41, 5.74) is 0. The summed E-state index contributed by atoms with van der Waals surface area (Å²) >= 11 is 0. The minimum Gasteiger partial charge on any atom is -0.461 e. The molecule has 0 aromatic carbocycles. The maximum atomic E-state index is 13.1. The van der Waals surface area contributed by atoms with Crippen molar-refractivity contribution in [2.24, 2.45) is 0 Å². The Hall–Kier alpha value is -2.70. The number of nitrogens with one attached hydrogen (secondary N) is 1. The highest BCUT2D eigenvalue weighted by Gasteiger charge is 2.23. The number of allylic oxidation sites excluding steroid dienone is 11. The van der Waals surface area contributed by atoms with Gasteiger partial charge in [-0.25, -0.2) is 0 Å². The van der Waals surface area contributed by atoms with E-state index in [4.69, 9.17) is 4.74 Å². The molecule has 0 radical (unpaired) electrons. The van der Waals surface area contributed by atoms with Gasteiger partial charge in [0.15, 0.2) is 0 Å². The summed E-state index contributed by atoms with van der Waals surface area (Å²) in [5, 5.41) is 23.6. The minimum absolute atomic E-state index is 0.0231. The molecule has 0 aliphatic heterocycles. The Morgan fingerprint density at radius 1 is 0.517 bits per heavy atom. The SMILES string of the molecule is CCCCC/C=C\C/C=C\C/C=C\C/C=C\CC(CC(=O)NC(CO)C(O)CCCCCCCCCCCCC)OC(=O)CC/C=C/C/C=C\CCCCCCCC. The van der Waals surface area contributed by atoms with Crippen molar-refractivity contribution < 1.29 is 24.5 Å². The van der Waals surface area contributed by atoms with Crippen LogP contribution in [0.4, 0.5) is 0 Å². The first-order valence-corrected chi connectivity index (χ1v) is 24.2. The zero-order valence-electron chi connectivity index (χ0n) is 37.9. The molecule has 0 saturated carbocycles. The molecular weight excluding hydrogens is 719 g/mol. The molecule has 0 rings (SSSR count). The van der Waals surface area contributed by atoms with Crippen molar-refractivity contribution in [1.82, 2.24) is 5.32 Å². The number of hydrogen-bond acceptors (Lipinski definition) is 5. The Labute approximate surface area is 358 Å². The lowest BCUT2D eigenvalue weighted by molar-refractivity contribution is -0.150. The fourth-order valence-electron chi connectivity index (χ4n) is 6.81. The molecule has 58 heavy (non-hydrogen) atoms. The number of ether oxygens (including phenoxy) is 1. The van der Waals surface area contributed by atoms with E-state index in [0.717, 1.165) is 51.4 Å². The van der Waals surface area contributed by atoms with Crippen LogP contribution in [0.3, 0.4) is 0 Å². The lowest BCUT2D eigenvalue weighted by Crippen LogP contribution is -2.46. The van der Waals surface area contributed by atoms with Crippen LogP contribution in [0.25, 0.3) is 0 Å². The number of amides is 1. The first kappa shape index (κ1) is 55.3. The number of esters is 1. The van der Waals surface area contributed by atoms with Gasteiger partial charge >= 0.3 is 5.97 Å². The Kier molecular flexibility index (Phi) is 43.3. The molecule has 0 bridgehead atoms. The highest BCUT2D eigenvalue weighted by Crippen LogP contribution is 2.15. The Bertz CT molecular complexity index is 1090. The van der Waals surface area contributed by atoms with Gasteiger partial charge in [-0.2, -0.15) is 0 Å². The van der Waals surface area contributed by atoms with Crippen LogP contribution in [0.1, 0.15) is 220 Å². The maximum absolute atomic E-state index is 13.1. The number of carbonyl (C=O) groups excluding carboxylic acids is 2. The van der Waals surface area contributed by atoms with Gasteiger partial charge in [0.2, 0.25) is 5.91 Å². The van der Waals surface area contributed by atoms with Crippen LogP contribution >= 0.6 is 0 Å². The molecule has 0 aliphatic carbocycles. The number of rotatable bonds is 42. The molecule has 1 amide bonds. The quantitative estimate of drug-likeness (QED) is 0.0324. The van der Waals surface area contributed by atoms with Gasteiger partial charge < -0.3 is 20.3 Å². The fourth-order valence-corrected chi connectivity index (χ4v) is 6.81. The summed E-state index contributed by atoms with van der Waals surface area (Å²) in [6.45, 7) is 6.38. The number of carbonyl (C=O) groups is 2. The van der Waals surface area contributed by atoms with Crippen LogP contribution in [-0.4, -0.2) is 46.9 Å². The van der Waals surface area contributed by atoms with Gasteiger partial charge in [0.25, 0.3) is 0 Å². The van der Waals surface area contributed by atoms with Crippen molar-refractivity contribution >= 4 is 11.9 Å². The zero-order valence-corrected chi connectivity index (χ0v) is 37.9. The van der Waals surface area contributed by atoms with Crippen LogP contribution < -0.4 is 5.32 Å². The summed E-state index contributed by atoms with van der Waals surface area (Å²) in [5.74, 6) is -0.662. The molecule has 3 N–H and O–H groups in total. The van der Waals surface area contributed by atoms with Gasteiger partial charge in [-0.3, -0.25) is 9.59 Å². The molecule has 0 fully saturated rings. The van der Waals surface area contributed by atoms with Crippen LogP contribution in [-0.2, 0) is 14.3 Å². The summed E-state index contributed by atoms with van der Waals surface area (Å²) < 4.78 is 5.81. The van der Waals surface area contributed by atoms with Crippen molar-refractivity contribution in [3.8, 4) is 0 Å². The van der Waals surface area contributed by atoms with E-state index in [-0.39, 0.29) is 31.3 Å². The van der Waals surface area contributed by atoms with Crippen molar-refractivity contribution in [2.75, 3.05) is 6.61 Å². The second-order valence-corrected chi connectivity index (χ2v) is 16.2. The number of aliphatic hydroxyl groups excluding tert-OH is 2. The monoisotopic (exact) mass is 810 g/mol. The number of hydrogen-bond donors (Lipinski definition) is 3. The molecule has 0 aliphatic rings. The predicted octanol–water partition coefficient (Wildman–Crippen LogP) is 14.2. The Balaban J connectivity index is 4.83. The Morgan fingerprint density at radius 2 is 0.914 bits per heavy atom. The van der Waals surface area contributed by atoms with E-state index in [0.29, 0.717) is 19.3 Å². The molecule has 0 saturated heterocycles. The van der Waals surface area contributed by atoms with E-state index in [1.165, 1.54) is 116 Å². The molecule has 334 valence electrons. The third kappa shape index (κ3) is 40.1. The predicted molar refractivity (Wildman–Crippen MR) is 250 cm³/mol. The normalized spacial score (nSPS) is 13.9. The van der Waals surface area contributed by atoms with Crippen molar-refractivity contribution in [3.05, 3.63) is 72.9 Å². The molecule has 0 spiro atoms. The average molecular weight is 810 g/mol. The first-order chi connectivity index (χ1) is 28.5. The van der Waals surface area contributed by atoms with E-state index in [1.54, 1.807) is 0 Å². The zero-order chi connectivity index (χ0) is 42.4. The lowest BCUT2D eigenvalue weighted by Gasteiger charge is -2.24. The van der Waals surface area contributed by atoms with Gasteiger partial charge in [-0.05, 0) is 64.2 Å². The number of aliphatic hydroxyl groups is 2. The maximum Gasteiger partial charge on any atom is 0.306 e. The summed E-state index contributed by atoms with van der Waals surface area (Å²) in [6.07, 6.45) is 57.0. The highest BCUT2D eigenvalue weighted by atomic mass is 16.5. The van der Waals surface area contributed by atoms with E-state index in [9.17, 15) is 19.8 Å². The van der Waals surface area contributed by atoms with Gasteiger partial charge in [0.1, 0.15) is 6.10 Å². The summed E-state index contributed by atoms with van der Waals surface area (Å²) in [7, 11) is 0. The summed E-state index contributed by atoms with van der Waals surface area (Å²) in [6, 6.07) is -0.742. The standard InChI is InChI=1S/C52H91NO5/c1-4-7-10-13-16-19-22-24-25-27-29-31-34-37-40-43-48(58-52(57)45-42-39-36-33-30-26-23-20-17-14-11-8-5-2)46-51(56)53-49(47-54)50(55)44-41-38-35-32-28-21-18-15-12-9-6-3/h16,19,24-26,29-31,36-37,39-40,48-50,54-55H,4-15,17-18,20-23,27-28,32-35,38,41-47H2,1-3H3,(H,53,56)/b19-16-,25-24-,30-26-,31-29-,39-36+,40-37-. The topological polar surface area (TPSA) is 95.9 Å². The third-order valence-electron chi connectivity index (χ3n) is 10.5. The summed E-state index contributed by atoms with van der Waals surface area (Å²) in [4.78, 5) is 26.0. The van der Waals surface area contributed by atoms with Crippen molar-refractivity contribution in [1.29, 1.82) is 0 Å². The smallest absolute Gasteiger partial charge is 0.306 e. The van der Waals surface area contributed by atoms with Crippen molar-refractivity contribution in [3.63, 3.8) is 0 Å². The molecular formula is C52H91NO5. The molecule has 0 aromatic rings. The largest absolute Gasteiger partial charge is 0.461 e. The molecule has 6 heteroatoms. The Morgan fingerprint density at radius 3 is 1.41 bits per heavy atom. The van der Waals surface area contributed by atoms with E-state index >= 15 is 0 Å². The van der Waals surface area contributed by atoms with E-state index < -0.39 is 18.2 Å². The second-order valence-electron chi connectivity index (χ2n) is 16.2. The third-order valence-corrected chi connectivity index (χ3v) is 10.5. The lowest BCUT2D eigenvalue weighted by atomic mass is 10.0. The number of unbranched alkanes of at least 4 members (excludes halogenated alkanes) is 19. The molecule has 0 heterocycles. The van der Waals surface area contributed by atoms with Crippen LogP contribution in [0.5, 0.6) is 0 Å². The second kappa shape index (κ2) is 45.4.